The van der Waals surface area contributed by atoms with Gasteiger partial charge in [-0.3, -0.25) is 4.79 Å². The lowest BCUT2D eigenvalue weighted by Gasteiger charge is -2.15. The maximum Gasteiger partial charge on any atom is 0.252 e. The van der Waals surface area contributed by atoms with Crippen molar-refractivity contribution < 1.29 is 4.79 Å². The summed E-state index contributed by atoms with van der Waals surface area (Å²) in [6, 6.07) is 19.9. The van der Waals surface area contributed by atoms with Gasteiger partial charge in [0.05, 0.1) is 17.4 Å². The Kier molecular flexibility index (Phi) is 6.71. The number of thioether (sulfide) groups is 1. The predicted octanol–water partition coefficient (Wildman–Crippen LogP) is 4.05. The summed E-state index contributed by atoms with van der Waals surface area (Å²) in [5.74, 6) is 0.264. The first-order valence-electron chi connectivity index (χ1n) is 7.64. The van der Waals surface area contributed by atoms with Gasteiger partial charge in [-0.2, -0.15) is 5.26 Å². The number of benzene rings is 2. The molecule has 0 aliphatic carbocycles. The largest absolute Gasteiger partial charge is 0.350 e. The van der Waals surface area contributed by atoms with Crippen LogP contribution in [0.25, 0.3) is 0 Å². The van der Waals surface area contributed by atoms with Gasteiger partial charge in [-0.05, 0) is 37.5 Å². The van der Waals surface area contributed by atoms with Crippen molar-refractivity contribution in [1.82, 2.24) is 5.32 Å². The summed E-state index contributed by atoms with van der Waals surface area (Å²) in [7, 11) is 0. The molecule has 1 atom stereocenters. The molecule has 0 aromatic heterocycles. The quantitative estimate of drug-likeness (QED) is 0.782. The van der Waals surface area contributed by atoms with Crippen molar-refractivity contribution in [1.29, 1.82) is 5.26 Å². The number of aryl methyl sites for hydroxylation is 1. The van der Waals surface area contributed by atoms with Crippen LogP contribution in [0.15, 0.2) is 59.5 Å². The molecule has 0 fully saturated rings. The summed E-state index contributed by atoms with van der Waals surface area (Å²) < 4.78 is 0. The molecule has 1 N–H and O–H groups in total. The van der Waals surface area contributed by atoms with E-state index in [2.05, 4.69) is 23.5 Å². The van der Waals surface area contributed by atoms with Crippen LogP contribution in [0.5, 0.6) is 0 Å². The third-order valence-corrected chi connectivity index (χ3v) is 4.45. The third-order valence-electron chi connectivity index (χ3n) is 3.51. The van der Waals surface area contributed by atoms with Crippen LogP contribution < -0.4 is 5.32 Å². The lowest BCUT2D eigenvalue weighted by atomic mass is 10.1. The van der Waals surface area contributed by atoms with Gasteiger partial charge in [0.1, 0.15) is 0 Å². The fourth-order valence-corrected chi connectivity index (χ4v) is 3.00. The van der Waals surface area contributed by atoms with E-state index in [9.17, 15) is 4.79 Å². The lowest BCUT2D eigenvalue weighted by molar-refractivity contribution is 0.0935. The van der Waals surface area contributed by atoms with Gasteiger partial charge >= 0.3 is 0 Å². The van der Waals surface area contributed by atoms with Crippen molar-refractivity contribution in [2.24, 2.45) is 0 Å². The Balaban J connectivity index is 1.92. The summed E-state index contributed by atoms with van der Waals surface area (Å²) >= 11 is 1.39. The normalized spacial score (nSPS) is 11.5. The van der Waals surface area contributed by atoms with E-state index in [-0.39, 0.29) is 11.9 Å². The molecule has 0 unspecified atom stereocenters. The number of hydrogen-bond donors (Lipinski definition) is 1. The Morgan fingerprint density at radius 3 is 2.61 bits per heavy atom. The van der Waals surface area contributed by atoms with Gasteiger partial charge < -0.3 is 5.32 Å². The van der Waals surface area contributed by atoms with Crippen molar-refractivity contribution in [3.05, 3.63) is 65.7 Å². The minimum absolute atomic E-state index is 0.0772. The van der Waals surface area contributed by atoms with Crippen LogP contribution >= 0.6 is 11.8 Å². The second-order valence-electron chi connectivity index (χ2n) is 5.34. The zero-order valence-electron chi connectivity index (χ0n) is 13.2. The van der Waals surface area contributed by atoms with Gasteiger partial charge in [0.25, 0.3) is 5.91 Å². The summed E-state index contributed by atoms with van der Waals surface area (Å²) in [6.45, 7) is 2.02. The van der Waals surface area contributed by atoms with Crippen molar-refractivity contribution >= 4 is 17.7 Å². The molecule has 118 valence electrons. The average molecular weight is 324 g/mol. The van der Waals surface area contributed by atoms with Crippen molar-refractivity contribution in [3.8, 4) is 6.07 Å². The first-order valence-corrected chi connectivity index (χ1v) is 8.63. The predicted molar refractivity (Wildman–Crippen MR) is 94.5 cm³/mol. The van der Waals surface area contributed by atoms with Crippen molar-refractivity contribution in [2.45, 2.75) is 30.7 Å². The molecular formula is C19H20N2OS. The van der Waals surface area contributed by atoms with E-state index in [0.717, 1.165) is 17.7 Å². The Labute approximate surface area is 141 Å². The number of nitrogens with zero attached hydrogens (tertiary/aromatic N) is 1. The number of nitrogens with one attached hydrogen (secondary N) is 1. The Hall–Kier alpha value is -2.25. The van der Waals surface area contributed by atoms with E-state index < -0.39 is 0 Å². The van der Waals surface area contributed by atoms with E-state index in [1.807, 2.05) is 43.3 Å². The third kappa shape index (κ3) is 5.46. The van der Waals surface area contributed by atoms with Crippen LogP contribution in [0.2, 0.25) is 0 Å². The number of carbonyl (C=O) groups excluding carboxylic acids is 1. The minimum Gasteiger partial charge on any atom is -0.350 e. The molecule has 0 saturated heterocycles. The highest BCUT2D eigenvalue weighted by atomic mass is 32.2. The van der Waals surface area contributed by atoms with Gasteiger partial charge in [0.15, 0.2) is 0 Å². The van der Waals surface area contributed by atoms with Crippen molar-refractivity contribution in [2.75, 3.05) is 5.75 Å². The van der Waals surface area contributed by atoms with E-state index in [0.29, 0.717) is 11.3 Å². The highest BCUT2D eigenvalue weighted by Crippen LogP contribution is 2.22. The molecule has 2 rings (SSSR count). The van der Waals surface area contributed by atoms with Crippen LogP contribution in [0, 0.1) is 11.3 Å². The lowest BCUT2D eigenvalue weighted by Crippen LogP contribution is -2.33. The Morgan fingerprint density at radius 1 is 1.17 bits per heavy atom. The van der Waals surface area contributed by atoms with Gasteiger partial charge in [-0.25, -0.2) is 0 Å². The van der Waals surface area contributed by atoms with Crippen LogP contribution in [0.4, 0.5) is 0 Å². The first-order chi connectivity index (χ1) is 11.2. The highest BCUT2D eigenvalue weighted by Gasteiger charge is 2.13. The first kappa shape index (κ1) is 17.1. The minimum atomic E-state index is -0.0772. The molecule has 0 aliphatic heterocycles. The van der Waals surface area contributed by atoms with Crippen LogP contribution in [-0.4, -0.2) is 17.7 Å². The van der Waals surface area contributed by atoms with E-state index in [1.54, 1.807) is 6.07 Å². The number of nitriles is 1. The maximum absolute atomic E-state index is 12.4. The van der Waals surface area contributed by atoms with Crippen LogP contribution in [-0.2, 0) is 6.42 Å². The van der Waals surface area contributed by atoms with Crippen LogP contribution in [0.3, 0.4) is 0 Å². The number of rotatable bonds is 7. The fraction of sp³-hybridized carbons (Fsp3) is 0.263. The number of carbonyl (C=O) groups is 1. The van der Waals surface area contributed by atoms with E-state index in [1.165, 1.54) is 17.3 Å². The summed E-state index contributed by atoms with van der Waals surface area (Å²) in [6.07, 6.45) is 1.83. The monoisotopic (exact) mass is 324 g/mol. The average Bonchev–Trinajstić information content (AvgIpc) is 2.59. The molecule has 2 aromatic carbocycles. The molecule has 0 radical (unpaired) electrons. The second kappa shape index (κ2) is 9.02. The smallest absolute Gasteiger partial charge is 0.252 e. The topological polar surface area (TPSA) is 52.9 Å². The molecular weight excluding hydrogens is 304 g/mol. The van der Waals surface area contributed by atoms with Gasteiger partial charge in [0, 0.05) is 10.9 Å². The summed E-state index contributed by atoms with van der Waals surface area (Å²) in [5.41, 5.74) is 1.91. The summed E-state index contributed by atoms with van der Waals surface area (Å²) in [5, 5.41) is 11.8. The molecule has 2 aromatic rings. The molecule has 1 amide bonds. The van der Waals surface area contributed by atoms with Crippen molar-refractivity contribution in [3.63, 3.8) is 0 Å². The zero-order valence-corrected chi connectivity index (χ0v) is 14.0. The molecule has 0 bridgehead atoms. The molecule has 23 heavy (non-hydrogen) atoms. The number of hydrogen-bond acceptors (Lipinski definition) is 3. The standard InChI is InChI=1S/C19H20N2OS/c1-15(11-12-16-7-3-2-4-8-16)21-19(22)17-9-5-6-10-18(17)23-14-13-20/h2-10,15H,11-12,14H2,1H3,(H,21,22)/t15-/m0/s1. The molecule has 0 spiro atoms. The zero-order chi connectivity index (χ0) is 16.5. The Morgan fingerprint density at radius 2 is 1.87 bits per heavy atom. The summed E-state index contributed by atoms with van der Waals surface area (Å²) in [4.78, 5) is 13.3. The highest BCUT2D eigenvalue weighted by molar-refractivity contribution is 7.99. The maximum atomic E-state index is 12.4. The Bertz CT molecular complexity index is 679. The number of amides is 1. The van der Waals surface area contributed by atoms with Crippen LogP contribution in [0.1, 0.15) is 29.3 Å². The molecule has 0 saturated carbocycles. The molecule has 0 aliphatic rings. The van der Waals surface area contributed by atoms with Gasteiger partial charge in [0.2, 0.25) is 0 Å². The van der Waals surface area contributed by atoms with E-state index >= 15 is 0 Å². The molecule has 4 heteroatoms. The fourth-order valence-electron chi connectivity index (χ4n) is 2.29. The second-order valence-corrected chi connectivity index (χ2v) is 6.36. The van der Waals surface area contributed by atoms with E-state index in [4.69, 9.17) is 5.26 Å². The molecule has 0 heterocycles. The SMILES string of the molecule is C[C@@H](CCc1ccccc1)NC(=O)c1ccccc1SCC#N. The molecule has 3 nitrogen and oxygen atoms in total. The van der Waals surface area contributed by atoms with Gasteiger partial charge in [-0.15, -0.1) is 11.8 Å². The van der Waals surface area contributed by atoms with Gasteiger partial charge in [-0.1, -0.05) is 42.5 Å².